The van der Waals surface area contributed by atoms with Crippen LogP contribution >= 0.6 is 50.5 Å². The smallest absolute Gasteiger partial charge is 0.0934 e. The lowest BCUT2D eigenvalue weighted by Gasteiger charge is -2.16. The maximum absolute atomic E-state index is 6.06. The molecule has 0 saturated heterocycles. The average Bonchev–Trinajstić information content (AvgIpc) is 2.84. The molecule has 1 aliphatic rings. The van der Waals surface area contributed by atoms with Crippen molar-refractivity contribution in [3.63, 3.8) is 0 Å². The zero-order chi connectivity index (χ0) is 12.7. The molecule has 0 spiro atoms. The SMILES string of the molecule is Clc1ccc(Br)c(NC2CCc3sc(Cl)cc32)c1. The molecule has 0 saturated carbocycles. The summed E-state index contributed by atoms with van der Waals surface area (Å²) in [6.45, 7) is 0. The minimum Gasteiger partial charge on any atom is -0.377 e. The van der Waals surface area contributed by atoms with E-state index >= 15 is 0 Å². The predicted octanol–water partition coefficient (Wildman–Crippen LogP) is 5.92. The number of benzene rings is 1. The van der Waals surface area contributed by atoms with Gasteiger partial charge < -0.3 is 5.32 Å². The quantitative estimate of drug-likeness (QED) is 0.699. The van der Waals surface area contributed by atoms with Crippen molar-refractivity contribution in [2.24, 2.45) is 0 Å². The molecule has 0 fully saturated rings. The van der Waals surface area contributed by atoms with Crippen molar-refractivity contribution in [1.29, 1.82) is 0 Å². The van der Waals surface area contributed by atoms with Gasteiger partial charge in [-0.2, -0.15) is 0 Å². The van der Waals surface area contributed by atoms with E-state index in [0.29, 0.717) is 6.04 Å². The Morgan fingerprint density at radius 2 is 2.11 bits per heavy atom. The van der Waals surface area contributed by atoms with E-state index in [2.05, 4.69) is 27.3 Å². The Bertz CT molecular complexity index is 597. The molecule has 1 unspecified atom stereocenters. The van der Waals surface area contributed by atoms with Crippen molar-refractivity contribution in [2.45, 2.75) is 18.9 Å². The van der Waals surface area contributed by atoms with Crippen molar-refractivity contribution < 1.29 is 0 Å². The van der Waals surface area contributed by atoms with Crippen molar-refractivity contribution in [3.05, 3.63) is 48.5 Å². The molecule has 18 heavy (non-hydrogen) atoms. The lowest BCUT2D eigenvalue weighted by Crippen LogP contribution is -2.07. The minimum atomic E-state index is 0.332. The van der Waals surface area contributed by atoms with Crippen molar-refractivity contribution in [1.82, 2.24) is 0 Å². The van der Waals surface area contributed by atoms with Crippen LogP contribution in [0, 0.1) is 0 Å². The maximum Gasteiger partial charge on any atom is 0.0934 e. The van der Waals surface area contributed by atoms with Gasteiger partial charge in [-0.15, -0.1) is 11.3 Å². The van der Waals surface area contributed by atoms with Gasteiger partial charge in [-0.25, -0.2) is 0 Å². The van der Waals surface area contributed by atoms with Crippen LogP contribution in [0.15, 0.2) is 28.7 Å². The molecule has 5 heteroatoms. The summed E-state index contributed by atoms with van der Waals surface area (Å²) in [6.07, 6.45) is 2.21. The molecule has 0 aliphatic heterocycles. The number of rotatable bonds is 2. The van der Waals surface area contributed by atoms with Crippen molar-refractivity contribution in [2.75, 3.05) is 5.32 Å². The number of halogens is 3. The second-order valence-corrected chi connectivity index (χ2v) is 7.35. The summed E-state index contributed by atoms with van der Waals surface area (Å²) in [6, 6.07) is 8.18. The highest BCUT2D eigenvalue weighted by molar-refractivity contribution is 9.10. The fourth-order valence-electron chi connectivity index (χ4n) is 2.28. The number of thiophene rings is 1. The normalized spacial score (nSPS) is 17.8. The summed E-state index contributed by atoms with van der Waals surface area (Å²) in [5.74, 6) is 0. The summed E-state index contributed by atoms with van der Waals surface area (Å²) < 4.78 is 1.90. The van der Waals surface area contributed by atoms with Gasteiger partial charge in [-0.3, -0.25) is 0 Å². The van der Waals surface area contributed by atoms with Gasteiger partial charge in [0.15, 0.2) is 0 Å². The van der Waals surface area contributed by atoms with E-state index in [-0.39, 0.29) is 0 Å². The van der Waals surface area contributed by atoms with Crippen LogP contribution in [0.3, 0.4) is 0 Å². The van der Waals surface area contributed by atoms with Crippen LogP contribution in [0.2, 0.25) is 9.36 Å². The third-order valence-electron chi connectivity index (χ3n) is 3.11. The van der Waals surface area contributed by atoms with Gasteiger partial charge in [-0.1, -0.05) is 23.2 Å². The second-order valence-electron chi connectivity index (χ2n) is 4.29. The standard InChI is InChI=1S/C13H10BrCl2NS/c14-9-2-1-7(15)5-11(9)17-10-3-4-12-8(10)6-13(16)18-12/h1-2,5-6,10,17H,3-4H2. The van der Waals surface area contributed by atoms with Crippen LogP contribution in [0.25, 0.3) is 0 Å². The molecule has 2 aromatic rings. The first-order valence-electron chi connectivity index (χ1n) is 5.63. The Balaban J connectivity index is 1.88. The zero-order valence-electron chi connectivity index (χ0n) is 9.34. The van der Waals surface area contributed by atoms with Gasteiger partial charge in [0.25, 0.3) is 0 Å². The van der Waals surface area contributed by atoms with Gasteiger partial charge in [0.2, 0.25) is 0 Å². The fraction of sp³-hybridized carbons (Fsp3) is 0.231. The van der Waals surface area contributed by atoms with Gasteiger partial charge >= 0.3 is 0 Å². The first kappa shape index (κ1) is 12.8. The summed E-state index contributed by atoms with van der Waals surface area (Å²) in [5.41, 5.74) is 2.36. The summed E-state index contributed by atoms with van der Waals surface area (Å²) >= 11 is 17.3. The Hall–Kier alpha value is -0.220. The monoisotopic (exact) mass is 361 g/mol. The van der Waals surface area contributed by atoms with E-state index in [1.807, 2.05) is 18.2 Å². The van der Waals surface area contributed by atoms with E-state index in [1.54, 1.807) is 11.3 Å². The molecular formula is C13H10BrCl2NS. The molecule has 1 atom stereocenters. The highest BCUT2D eigenvalue weighted by atomic mass is 79.9. The largest absolute Gasteiger partial charge is 0.377 e. The second kappa shape index (κ2) is 5.04. The van der Waals surface area contributed by atoms with Crippen LogP contribution in [-0.2, 0) is 6.42 Å². The van der Waals surface area contributed by atoms with Crippen LogP contribution in [0.4, 0.5) is 5.69 Å². The fourth-order valence-corrected chi connectivity index (χ4v) is 4.17. The molecule has 3 rings (SSSR count). The third-order valence-corrected chi connectivity index (χ3v) is 5.37. The Morgan fingerprint density at radius 1 is 1.28 bits per heavy atom. The number of hydrogen-bond donors (Lipinski definition) is 1. The number of nitrogens with one attached hydrogen (secondary N) is 1. The molecule has 0 bridgehead atoms. The van der Waals surface area contributed by atoms with Gasteiger partial charge in [0, 0.05) is 14.4 Å². The summed E-state index contributed by atoms with van der Waals surface area (Å²) in [5, 5.41) is 4.27. The Kier molecular flexibility index (Phi) is 3.59. The predicted molar refractivity (Wildman–Crippen MR) is 83.2 cm³/mol. The Labute approximate surface area is 128 Å². The van der Waals surface area contributed by atoms with Gasteiger partial charge in [0.1, 0.15) is 0 Å². The van der Waals surface area contributed by atoms with E-state index in [4.69, 9.17) is 23.2 Å². The molecule has 1 nitrogen and oxygen atoms in total. The molecule has 1 aliphatic carbocycles. The molecule has 1 heterocycles. The van der Waals surface area contributed by atoms with Crippen LogP contribution in [0.5, 0.6) is 0 Å². The average molecular weight is 363 g/mol. The van der Waals surface area contributed by atoms with Crippen LogP contribution < -0.4 is 5.32 Å². The molecule has 1 N–H and O–H groups in total. The molecule has 0 radical (unpaired) electrons. The van der Waals surface area contributed by atoms with Crippen LogP contribution in [-0.4, -0.2) is 0 Å². The summed E-state index contributed by atoms with van der Waals surface area (Å²) in [4.78, 5) is 1.40. The minimum absolute atomic E-state index is 0.332. The highest BCUT2D eigenvalue weighted by Gasteiger charge is 2.25. The first-order valence-corrected chi connectivity index (χ1v) is 8.00. The van der Waals surface area contributed by atoms with E-state index < -0.39 is 0 Å². The molecule has 0 amide bonds. The topological polar surface area (TPSA) is 12.0 Å². The van der Waals surface area contributed by atoms with E-state index in [0.717, 1.165) is 32.4 Å². The van der Waals surface area contributed by atoms with Crippen LogP contribution in [0.1, 0.15) is 22.9 Å². The highest BCUT2D eigenvalue weighted by Crippen LogP contribution is 2.41. The van der Waals surface area contributed by atoms with E-state index in [9.17, 15) is 0 Å². The Morgan fingerprint density at radius 3 is 2.94 bits per heavy atom. The molecule has 1 aromatic carbocycles. The molecule has 94 valence electrons. The van der Waals surface area contributed by atoms with E-state index in [1.165, 1.54) is 10.4 Å². The third kappa shape index (κ3) is 2.42. The lowest BCUT2D eigenvalue weighted by molar-refractivity contribution is 0.762. The number of anilines is 1. The molecule has 1 aromatic heterocycles. The van der Waals surface area contributed by atoms with Crippen molar-refractivity contribution in [3.8, 4) is 0 Å². The van der Waals surface area contributed by atoms with Crippen molar-refractivity contribution >= 4 is 56.2 Å². The maximum atomic E-state index is 6.06. The number of fused-ring (bicyclic) bond motifs is 1. The number of hydrogen-bond acceptors (Lipinski definition) is 2. The zero-order valence-corrected chi connectivity index (χ0v) is 13.3. The molecular weight excluding hydrogens is 353 g/mol. The van der Waals surface area contributed by atoms with Gasteiger partial charge in [-0.05, 0) is 58.6 Å². The summed E-state index contributed by atoms with van der Waals surface area (Å²) in [7, 11) is 0. The van der Waals surface area contributed by atoms with Gasteiger partial charge in [0.05, 0.1) is 16.1 Å². The first-order chi connectivity index (χ1) is 8.63. The number of aryl methyl sites for hydroxylation is 1. The lowest BCUT2D eigenvalue weighted by atomic mass is 10.1.